The molecule has 0 radical (unpaired) electrons. The average molecular weight is 393 g/mol. The van der Waals surface area contributed by atoms with Crippen LogP contribution >= 0.6 is 0 Å². The number of aryl methyl sites for hydroxylation is 1. The normalized spacial score (nSPS) is 11.0. The van der Waals surface area contributed by atoms with Crippen molar-refractivity contribution in [1.29, 1.82) is 0 Å². The predicted octanol–water partition coefficient (Wildman–Crippen LogP) is 5.22. The maximum Gasteiger partial charge on any atom is 0.417 e. The van der Waals surface area contributed by atoms with E-state index in [9.17, 15) is 22.4 Å². The van der Waals surface area contributed by atoms with Crippen LogP contribution in [0.4, 0.5) is 28.0 Å². The van der Waals surface area contributed by atoms with Crippen molar-refractivity contribution >= 4 is 11.8 Å². The molecule has 3 rings (SSSR count). The van der Waals surface area contributed by atoms with E-state index < -0.39 is 29.8 Å². The third-order valence-electron chi connectivity index (χ3n) is 3.99. The van der Waals surface area contributed by atoms with Crippen LogP contribution in [0.2, 0.25) is 0 Å². The van der Waals surface area contributed by atoms with E-state index in [1.54, 1.807) is 18.2 Å². The second-order valence-corrected chi connectivity index (χ2v) is 5.98. The predicted molar refractivity (Wildman–Crippen MR) is 94.3 cm³/mol. The molecule has 0 fully saturated rings. The number of anilines is 1. The second kappa shape index (κ2) is 7.71. The summed E-state index contributed by atoms with van der Waals surface area (Å²) in [7, 11) is 1.41. The number of carbonyl (C=O) groups excluding carboxylic acids is 1. The second-order valence-electron chi connectivity index (χ2n) is 5.98. The molecule has 1 amide bonds. The van der Waals surface area contributed by atoms with Crippen LogP contribution in [0.5, 0.6) is 5.75 Å². The molecule has 1 aromatic heterocycles. The Morgan fingerprint density at radius 3 is 2.46 bits per heavy atom. The molecule has 1 N–H and O–H groups in total. The molecule has 0 saturated carbocycles. The highest BCUT2D eigenvalue weighted by Crippen LogP contribution is 2.31. The van der Waals surface area contributed by atoms with Crippen molar-refractivity contribution in [3.63, 3.8) is 0 Å². The van der Waals surface area contributed by atoms with Crippen LogP contribution < -0.4 is 10.1 Å². The molecule has 0 bridgehead atoms. The molecule has 28 heavy (non-hydrogen) atoms. The first-order valence-corrected chi connectivity index (χ1v) is 8.12. The Morgan fingerprint density at radius 1 is 1.18 bits per heavy atom. The maximum absolute atomic E-state index is 13.9. The third kappa shape index (κ3) is 3.98. The van der Waals surface area contributed by atoms with Gasteiger partial charge in [0.2, 0.25) is 0 Å². The molecule has 0 saturated heterocycles. The smallest absolute Gasteiger partial charge is 0.406 e. The zero-order valence-corrected chi connectivity index (χ0v) is 14.8. The number of alkyl halides is 2. The number of para-hydroxylation sites is 1. The van der Waals surface area contributed by atoms with Crippen molar-refractivity contribution in [2.45, 2.75) is 13.3 Å². The Bertz CT molecular complexity index is 1010. The van der Waals surface area contributed by atoms with Crippen molar-refractivity contribution in [1.82, 2.24) is 9.78 Å². The topological polar surface area (TPSA) is 56.1 Å². The minimum atomic E-state index is -2.92. The zero-order chi connectivity index (χ0) is 20.4. The van der Waals surface area contributed by atoms with Gasteiger partial charge in [0.15, 0.2) is 11.4 Å². The lowest BCUT2D eigenvalue weighted by Crippen LogP contribution is -2.17. The van der Waals surface area contributed by atoms with E-state index in [2.05, 4.69) is 10.4 Å². The number of nitrogens with one attached hydrogen (secondary N) is 1. The minimum absolute atomic E-state index is 0.121. The number of halogens is 4. The fourth-order valence-electron chi connectivity index (χ4n) is 2.59. The zero-order valence-electron chi connectivity index (χ0n) is 14.8. The lowest BCUT2D eigenvalue weighted by atomic mass is 10.0. The van der Waals surface area contributed by atoms with Gasteiger partial charge in [0.1, 0.15) is 11.6 Å². The summed E-state index contributed by atoms with van der Waals surface area (Å²) in [5.74, 6) is -1.85. The lowest BCUT2D eigenvalue weighted by molar-refractivity contribution is 0.141. The highest BCUT2D eigenvalue weighted by atomic mass is 19.3. The maximum atomic E-state index is 13.9. The number of rotatable bonds is 4. The van der Waals surface area contributed by atoms with Crippen LogP contribution in [-0.2, 0) is 7.05 Å². The molecule has 2 aromatic carbocycles. The van der Waals surface area contributed by atoms with Crippen LogP contribution in [0.3, 0.4) is 0 Å². The van der Waals surface area contributed by atoms with E-state index in [4.69, 9.17) is 4.74 Å². The van der Waals surface area contributed by atoms with Gasteiger partial charge in [-0.25, -0.2) is 22.4 Å². The van der Waals surface area contributed by atoms with Crippen LogP contribution in [0, 0.1) is 18.6 Å². The van der Waals surface area contributed by atoms with E-state index >= 15 is 0 Å². The molecule has 1 heterocycles. The molecule has 146 valence electrons. The molecule has 9 heteroatoms. The monoisotopic (exact) mass is 393 g/mol. The van der Waals surface area contributed by atoms with E-state index in [0.717, 1.165) is 23.0 Å². The number of amides is 1. The van der Waals surface area contributed by atoms with Gasteiger partial charge in [-0.3, -0.25) is 10.00 Å². The Morgan fingerprint density at radius 2 is 1.82 bits per heavy atom. The molecule has 0 aliphatic rings. The summed E-state index contributed by atoms with van der Waals surface area (Å²) in [6, 6.07) is 8.53. The van der Waals surface area contributed by atoms with Gasteiger partial charge in [-0.05, 0) is 30.7 Å². The SMILES string of the molecule is Cc1c(F)cc(-c2ccccc2NC(=O)Oc2cn(C)nc2C(F)F)cc1F. The molecule has 0 atom stereocenters. The van der Waals surface area contributed by atoms with Crippen molar-refractivity contribution < 1.29 is 27.1 Å². The summed E-state index contributed by atoms with van der Waals surface area (Å²) in [6.45, 7) is 1.31. The number of ether oxygens (including phenoxy) is 1. The van der Waals surface area contributed by atoms with Gasteiger partial charge in [0, 0.05) is 18.2 Å². The van der Waals surface area contributed by atoms with Gasteiger partial charge < -0.3 is 4.74 Å². The van der Waals surface area contributed by atoms with Gasteiger partial charge in [0.05, 0.1) is 11.9 Å². The van der Waals surface area contributed by atoms with Gasteiger partial charge in [-0.2, -0.15) is 5.10 Å². The van der Waals surface area contributed by atoms with E-state index in [1.807, 2.05) is 0 Å². The Balaban J connectivity index is 1.87. The highest BCUT2D eigenvalue weighted by Gasteiger charge is 2.21. The van der Waals surface area contributed by atoms with Crippen molar-refractivity contribution in [2.75, 3.05) is 5.32 Å². The van der Waals surface area contributed by atoms with Gasteiger partial charge in [-0.15, -0.1) is 0 Å². The molecular formula is C19H15F4N3O2. The molecule has 0 aliphatic carbocycles. The Hall–Kier alpha value is -3.36. The lowest BCUT2D eigenvalue weighted by Gasteiger charge is -2.12. The van der Waals surface area contributed by atoms with Crippen LogP contribution in [0.1, 0.15) is 17.7 Å². The molecule has 0 spiro atoms. The van der Waals surface area contributed by atoms with E-state index in [-0.39, 0.29) is 22.6 Å². The minimum Gasteiger partial charge on any atom is -0.406 e. The summed E-state index contributed by atoms with van der Waals surface area (Å²) in [6.07, 6.45) is -2.83. The Labute approximate surface area is 157 Å². The van der Waals surface area contributed by atoms with E-state index in [1.165, 1.54) is 20.0 Å². The Kier molecular flexibility index (Phi) is 5.34. The van der Waals surface area contributed by atoms with Crippen LogP contribution in [-0.4, -0.2) is 15.9 Å². The van der Waals surface area contributed by atoms with Crippen molar-refractivity contribution in [2.24, 2.45) is 7.05 Å². The highest BCUT2D eigenvalue weighted by molar-refractivity contribution is 5.92. The quantitative estimate of drug-likeness (QED) is 0.618. The van der Waals surface area contributed by atoms with Gasteiger partial charge in [-0.1, -0.05) is 18.2 Å². The summed E-state index contributed by atoms with van der Waals surface area (Å²) < 4.78 is 59.7. The van der Waals surface area contributed by atoms with Gasteiger partial charge in [0.25, 0.3) is 6.43 Å². The summed E-state index contributed by atoms with van der Waals surface area (Å²) in [4.78, 5) is 12.2. The molecular weight excluding hydrogens is 378 g/mol. The molecule has 0 aliphatic heterocycles. The summed E-state index contributed by atoms with van der Waals surface area (Å²) in [5.41, 5.74) is -0.0698. The fraction of sp³-hybridized carbons (Fsp3) is 0.158. The third-order valence-corrected chi connectivity index (χ3v) is 3.99. The van der Waals surface area contributed by atoms with E-state index in [0.29, 0.717) is 5.56 Å². The van der Waals surface area contributed by atoms with Crippen LogP contribution in [0.15, 0.2) is 42.6 Å². The first-order chi connectivity index (χ1) is 13.3. The van der Waals surface area contributed by atoms with Crippen molar-refractivity contribution in [3.05, 3.63) is 65.5 Å². The number of nitrogens with zero attached hydrogens (tertiary/aromatic N) is 2. The number of carbonyl (C=O) groups is 1. The number of hydrogen-bond acceptors (Lipinski definition) is 3. The number of benzene rings is 2. The first-order valence-electron chi connectivity index (χ1n) is 8.12. The average Bonchev–Trinajstić information content (AvgIpc) is 3.00. The number of hydrogen-bond donors (Lipinski definition) is 1. The summed E-state index contributed by atoms with van der Waals surface area (Å²) in [5, 5.41) is 5.94. The van der Waals surface area contributed by atoms with Gasteiger partial charge >= 0.3 is 6.09 Å². The number of aromatic nitrogens is 2. The summed E-state index contributed by atoms with van der Waals surface area (Å²) >= 11 is 0. The molecule has 5 nitrogen and oxygen atoms in total. The standard InChI is InChI=1S/C19H15F4N3O2/c1-10-13(20)7-11(8-14(10)21)12-5-3-4-6-15(12)24-19(27)28-16-9-26(2)25-17(16)18(22)23/h3-9,18H,1-2H3,(H,24,27). The molecule has 3 aromatic rings. The van der Waals surface area contributed by atoms with Crippen molar-refractivity contribution in [3.8, 4) is 16.9 Å². The molecule has 0 unspecified atom stereocenters. The fourth-order valence-corrected chi connectivity index (χ4v) is 2.59. The largest absolute Gasteiger partial charge is 0.417 e. The van der Waals surface area contributed by atoms with Crippen LogP contribution in [0.25, 0.3) is 11.1 Å². The first kappa shape index (κ1) is 19.4.